The Bertz CT molecular complexity index is 706. The monoisotopic (exact) mass is 318 g/mol. The van der Waals surface area contributed by atoms with Gasteiger partial charge >= 0.3 is 0 Å². The molecule has 7 nitrogen and oxygen atoms in total. The fourth-order valence-electron chi connectivity index (χ4n) is 2.94. The first-order valence-corrected chi connectivity index (χ1v) is 7.89. The van der Waals surface area contributed by atoms with Crippen molar-refractivity contribution < 1.29 is 14.3 Å². The van der Waals surface area contributed by atoms with E-state index in [2.05, 4.69) is 10.3 Å². The Morgan fingerprint density at radius 2 is 2.26 bits per heavy atom. The van der Waals surface area contributed by atoms with Crippen LogP contribution in [0.25, 0.3) is 0 Å². The molecule has 1 aliphatic heterocycles. The molecule has 1 aliphatic rings. The molecule has 0 spiro atoms. The average molecular weight is 318 g/mol. The van der Waals surface area contributed by atoms with Gasteiger partial charge in [0.05, 0.1) is 24.6 Å². The van der Waals surface area contributed by atoms with Gasteiger partial charge in [0.1, 0.15) is 17.1 Å². The third-order valence-corrected chi connectivity index (χ3v) is 4.36. The van der Waals surface area contributed by atoms with Crippen molar-refractivity contribution in [3.8, 4) is 0 Å². The van der Waals surface area contributed by atoms with E-state index < -0.39 is 5.60 Å². The second kappa shape index (κ2) is 5.81. The lowest BCUT2D eigenvalue weighted by Gasteiger charge is -2.37. The van der Waals surface area contributed by atoms with Crippen molar-refractivity contribution in [3.05, 3.63) is 35.5 Å². The number of aryl methyl sites for hydroxylation is 1. The van der Waals surface area contributed by atoms with Gasteiger partial charge in [0, 0.05) is 12.6 Å². The number of hydrogen-bond donors (Lipinski definition) is 1. The summed E-state index contributed by atoms with van der Waals surface area (Å²) in [6.07, 6.45) is 4.56. The number of nitrogens with zero attached hydrogens (tertiary/aromatic N) is 4. The summed E-state index contributed by atoms with van der Waals surface area (Å²) in [6, 6.07) is 1.84. The number of furan rings is 1. The maximum Gasteiger partial charge on any atom is 0.257 e. The SMILES string of the molecule is Cc1occc1C(=O)N1CCCC(O)(c2cn(C(C)C)nn2)C1. The molecular weight excluding hydrogens is 296 g/mol. The van der Waals surface area contributed by atoms with Crippen molar-refractivity contribution in [1.29, 1.82) is 0 Å². The molecule has 2 aromatic heterocycles. The van der Waals surface area contributed by atoms with Crippen molar-refractivity contribution in [1.82, 2.24) is 19.9 Å². The smallest absolute Gasteiger partial charge is 0.257 e. The van der Waals surface area contributed by atoms with Crippen LogP contribution in [-0.4, -0.2) is 44.0 Å². The lowest BCUT2D eigenvalue weighted by Crippen LogP contribution is -2.48. The van der Waals surface area contributed by atoms with Gasteiger partial charge in [-0.05, 0) is 39.7 Å². The number of aliphatic hydroxyl groups is 1. The van der Waals surface area contributed by atoms with E-state index in [0.717, 1.165) is 0 Å². The highest BCUT2D eigenvalue weighted by Gasteiger charge is 2.39. The summed E-state index contributed by atoms with van der Waals surface area (Å²) in [5, 5.41) is 19.2. The van der Waals surface area contributed by atoms with Gasteiger partial charge in [-0.25, -0.2) is 4.68 Å². The molecule has 0 saturated carbocycles. The second-order valence-electron chi connectivity index (χ2n) is 6.43. The highest BCUT2D eigenvalue weighted by Crippen LogP contribution is 2.31. The summed E-state index contributed by atoms with van der Waals surface area (Å²) in [5.74, 6) is 0.473. The zero-order chi connectivity index (χ0) is 16.6. The molecule has 3 rings (SSSR count). The van der Waals surface area contributed by atoms with Crippen LogP contribution < -0.4 is 0 Å². The van der Waals surface area contributed by atoms with E-state index in [4.69, 9.17) is 4.42 Å². The van der Waals surface area contributed by atoms with Crippen molar-refractivity contribution in [2.45, 2.75) is 45.3 Å². The van der Waals surface area contributed by atoms with E-state index in [-0.39, 0.29) is 18.5 Å². The average Bonchev–Trinajstić information content (AvgIpc) is 3.15. The van der Waals surface area contributed by atoms with Gasteiger partial charge in [0.2, 0.25) is 0 Å². The molecule has 1 unspecified atom stereocenters. The molecule has 0 aliphatic carbocycles. The molecule has 2 aromatic rings. The number of β-amino-alcohol motifs (C(OH)–C–C–N with tert-alkyl or cyclic N) is 1. The van der Waals surface area contributed by atoms with E-state index in [1.807, 2.05) is 13.8 Å². The quantitative estimate of drug-likeness (QED) is 0.934. The minimum absolute atomic E-state index is 0.120. The number of aromatic nitrogens is 3. The molecule has 3 heterocycles. The highest BCUT2D eigenvalue weighted by atomic mass is 16.3. The molecule has 7 heteroatoms. The zero-order valence-corrected chi connectivity index (χ0v) is 13.7. The predicted molar refractivity (Wildman–Crippen MR) is 82.9 cm³/mol. The van der Waals surface area contributed by atoms with Crippen molar-refractivity contribution in [2.75, 3.05) is 13.1 Å². The minimum Gasteiger partial charge on any atom is -0.469 e. The van der Waals surface area contributed by atoms with E-state index in [0.29, 0.717) is 36.4 Å². The van der Waals surface area contributed by atoms with Gasteiger partial charge in [-0.3, -0.25) is 4.79 Å². The number of carbonyl (C=O) groups excluding carboxylic acids is 1. The standard InChI is InChI=1S/C16H22N4O3/c1-11(2)20-9-14(17-18-20)16(22)6-4-7-19(10-16)15(21)13-5-8-23-12(13)3/h5,8-9,11,22H,4,6-7,10H2,1-3H3. The summed E-state index contributed by atoms with van der Waals surface area (Å²) >= 11 is 0. The Labute approximate surface area is 134 Å². The molecule has 1 atom stereocenters. The van der Waals surface area contributed by atoms with Crippen LogP contribution in [0.4, 0.5) is 0 Å². The topological polar surface area (TPSA) is 84.4 Å². The zero-order valence-electron chi connectivity index (χ0n) is 13.7. The first-order chi connectivity index (χ1) is 10.9. The minimum atomic E-state index is -1.15. The summed E-state index contributed by atoms with van der Waals surface area (Å²) < 4.78 is 6.92. The van der Waals surface area contributed by atoms with Gasteiger partial charge in [-0.2, -0.15) is 0 Å². The molecule has 1 fully saturated rings. The van der Waals surface area contributed by atoms with Crippen LogP contribution in [0.1, 0.15) is 54.5 Å². The summed E-state index contributed by atoms with van der Waals surface area (Å²) in [7, 11) is 0. The fourth-order valence-corrected chi connectivity index (χ4v) is 2.94. The van der Waals surface area contributed by atoms with Crippen LogP contribution in [0.5, 0.6) is 0 Å². The highest BCUT2D eigenvalue weighted by molar-refractivity contribution is 5.95. The number of rotatable bonds is 3. The molecule has 23 heavy (non-hydrogen) atoms. The lowest BCUT2D eigenvalue weighted by molar-refractivity contribution is -0.0321. The van der Waals surface area contributed by atoms with Gasteiger partial charge in [-0.15, -0.1) is 5.10 Å². The molecule has 1 amide bonds. The molecular formula is C16H22N4O3. The van der Waals surface area contributed by atoms with Crippen LogP contribution in [-0.2, 0) is 5.60 Å². The Morgan fingerprint density at radius 3 is 2.87 bits per heavy atom. The third kappa shape index (κ3) is 2.88. The number of likely N-dealkylation sites (tertiary alicyclic amines) is 1. The number of carbonyl (C=O) groups is 1. The van der Waals surface area contributed by atoms with E-state index in [1.165, 1.54) is 6.26 Å². The Hall–Kier alpha value is -2.15. The maximum atomic E-state index is 12.6. The first-order valence-electron chi connectivity index (χ1n) is 7.89. The lowest BCUT2D eigenvalue weighted by atomic mass is 9.89. The third-order valence-electron chi connectivity index (χ3n) is 4.36. The molecule has 1 saturated heterocycles. The van der Waals surface area contributed by atoms with E-state index in [9.17, 15) is 9.90 Å². The summed E-state index contributed by atoms with van der Waals surface area (Å²) in [6.45, 7) is 6.59. The normalized spacial score (nSPS) is 21.9. The molecule has 0 radical (unpaired) electrons. The fraction of sp³-hybridized carbons (Fsp3) is 0.562. The molecule has 124 valence electrons. The van der Waals surface area contributed by atoms with Crippen molar-refractivity contribution >= 4 is 5.91 Å². The molecule has 0 bridgehead atoms. The van der Waals surface area contributed by atoms with Crippen molar-refractivity contribution in [3.63, 3.8) is 0 Å². The number of amides is 1. The Balaban J connectivity index is 1.81. The molecule has 0 aromatic carbocycles. The van der Waals surface area contributed by atoms with Gasteiger partial charge in [0.15, 0.2) is 0 Å². The first kappa shape index (κ1) is 15.7. The largest absolute Gasteiger partial charge is 0.469 e. The summed E-state index contributed by atoms with van der Waals surface area (Å²) in [4.78, 5) is 14.3. The van der Waals surface area contributed by atoms with Crippen LogP contribution in [0, 0.1) is 6.92 Å². The van der Waals surface area contributed by atoms with Crippen LogP contribution in [0.2, 0.25) is 0 Å². The van der Waals surface area contributed by atoms with Gasteiger partial charge < -0.3 is 14.4 Å². The van der Waals surface area contributed by atoms with Crippen molar-refractivity contribution in [2.24, 2.45) is 0 Å². The number of piperidine rings is 1. The van der Waals surface area contributed by atoms with Crippen LogP contribution in [0.15, 0.2) is 22.9 Å². The Morgan fingerprint density at radius 1 is 1.48 bits per heavy atom. The van der Waals surface area contributed by atoms with E-state index in [1.54, 1.807) is 28.8 Å². The predicted octanol–water partition coefficient (Wildman–Crippen LogP) is 1.88. The van der Waals surface area contributed by atoms with Gasteiger partial charge in [0.25, 0.3) is 5.91 Å². The van der Waals surface area contributed by atoms with Crippen LogP contribution >= 0.6 is 0 Å². The van der Waals surface area contributed by atoms with E-state index >= 15 is 0 Å². The second-order valence-corrected chi connectivity index (χ2v) is 6.43. The summed E-state index contributed by atoms with van der Waals surface area (Å²) in [5.41, 5.74) is -0.0914. The maximum absolute atomic E-state index is 12.6. The molecule has 1 N–H and O–H groups in total. The Kier molecular flexibility index (Phi) is 3.97. The van der Waals surface area contributed by atoms with Crippen LogP contribution in [0.3, 0.4) is 0 Å². The van der Waals surface area contributed by atoms with Gasteiger partial charge in [-0.1, -0.05) is 5.21 Å². The number of hydrogen-bond acceptors (Lipinski definition) is 5.